The molecule has 0 saturated carbocycles. The fourth-order valence-corrected chi connectivity index (χ4v) is 1.90. The van der Waals surface area contributed by atoms with Gasteiger partial charge in [-0.05, 0) is 30.4 Å². The summed E-state index contributed by atoms with van der Waals surface area (Å²) in [4.78, 5) is 1.35. The van der Waals surface area contributed by atoms with Crippen molar-refractivity contribution in [3.05, 3.63) is 21.9 Å². The molecule has 2 heteroatoms. The molecule has 1 atom stereocenters. The van der Waals surface area contributed by atoms with E-state index in [9.17, 15) is 0 Å². The van der Waals surface area contributed by atoms with Crippen LogP contribution in [0.25, 0.3) is 0 Å². The highest BCUT2D eigenvalue weighted by Gasteiger charge is 2.05. The molecule has 0 aliphatic rings. The number of aryl methyl sites for hydroxylation is 1. The molecule has 0 unspecified atom stereocenters. The summed E-state index contributed by atoms with van der Waals surface area (Å²) in [6.07, 6.45) is 2.26. The van der Waals surface area contributed by atoms with Gasteiger partial charge in [-0.2, -0.15) is 0 Å². The third-order valence-electron chi connectivity index (χ3n) is 1.78. The third-order valence-corrected chi connectivity index (χ3v) is 2.66. The van der Waals surface area contributed by atoms with Gasteiger partial charge in [-0.1, -0.05) is 13.3 Å². The Labute approximate surface area is 72.2 Å². The quantitative estimate of drug-likeness (QED) is 0.739. The minimum Gasteiger partial charge on any atom is -0.324 e. The van der Waals surface area contributed by atoms with Crippen LogP contribution in [-0.2, 0) is 0 Å². The van der Waals surface area contributed by atoms with E-state index in [1.165, 1.54) is 10.4 Å². The number of thiophene rings is 1. The number of hydrogen-bond donors (Lipinski definition) is 1. The molecule has 1 aromatic rings. The summed E-state index contributed by atoms with van der Waals surface area (Å²) in [5.74, 6) is 0. The molecule has 0 aliphatic heterocycles. The fourth-order valence-electron chi connectivity index (χ4n) is 1.14. The molecule has 0 aromatic carbocycles. The number of nitrogens with two attached hydrogens (primary N) is 1. The van der Waals surface area contributed by atoms with Crippen LogP contribution in [0.3, 0.4) is 0 Å². The molecule has 1 rings (SSSR count). The molecule has 1 nitrogen and oxygen atoms in total. The summed E-state index contributed by atoms with van der Waals surface area (Å²) in [6, 6.07) is 2.44. The molecular formula is C9H15NS. The first-order valence-electron chi connectivity index (χ1n) is 4.04. The van der Waals surface area contributed by atoms with Crippen molar-refractivity contribution < 1.29 is 0 Å². The Bertz CT molecular complexity index is 217. The first kappa shape index (κ1) is 8.75. The molecule has 1 aromatic heterocycles. The van der Waals surface area contributed by atoms with Gasteiger partial charge in [-0.3, -0.25) is 0 Å². The Morgan fingerprint density at radius 2 is 2.36 bits per heavy atom. The molecule has 0 aliphatic carbocycles. The lowest BCUT2D eigenvalue weighted by molar-refractivity contribution is 0.640. The standard InChI is InChI=1S/C9H15NS/c1-3-4-9(10)8-5-7(2)11-6-8/h5-6,9H,3-4,10H2,1-2H3/t9-/m1/s1. The number of rotatable bonds is 3. The molecule has 0 radical (unpaired) electrons. The van der Waals surface area contributed by atoms with Crippen molar-refractivity contribution in [3.63, 3.8) is 0 Å². The van der Waals surface area contributed by atoms with Crippen molar-refractivity contribution in [3.8, 4) is 0 Å². The maximum Gasteiger partial charge on any atom is 0.0303 e. The Balaban J connectivity index is 2.60. The van der Waals surface area contributed by atoms with Crippen molar-refractivity contribution in [2.75, 3.05) is 0 Å². The van der Waals surface area contributed by atoms with Crippen LogP contribution in [0.15, 0.2) is 11.4 Å². The second-order valence-corrected chi connectivity index (χ2v) is 4.00. The molecule has 62 valence electrons. The first-order chi connectivity index (χ1) is 5.24. The Kier molecular flexibility index (Phi) is 3.09. The summed E-state index contributed by atoms with van der Waals surface area (Å²) in [6.45, 7) is 4.28. The predicted molar refractivity (Wildman–Crippen MR) is 50.9 cm³/mol. The van der Waals surface area contributed by atoms with Gasteiger partial charge in [0.15, 0.2) is 0 Å². The first-order valence-corrected chi connectivity index (χ1v) is 4.92. The molecule has 2 N–H and O–H groups in total. The van der Waals surface area contributed by atoms with Crippen molar-refractivity contribution in [1.29, 1.82) is 0 Å². The Morgan fingerprint density at radius 1 is 1.64 bits per heavy atom. The van der Waals surface area contributed by atoms with E-state index in [1.807, 2.05) is 0 Å². The highest BCUT2D eigenvalue weighted by atomic mass is 32.1. The average molecular weight is 169 g/mol. The van der Waals surface area contributed by atoms with Crippen LogP contribution in [0.2, 0.25) is 0 Å². The zero-order valence-corrected chi connectivity index (χ0v) is 7.95. The smallest absolute Gasteiger partial charge is 0.0303 e. The Hall–Kier alpha value is -0.340. The van der Waals surface area contributed by atoms with Gasteiger partial charge in [-0.25, -0.2) is 0 Å². The molecule has 0 spiro atoms. The van der Waals surface area contributed by atoms with Crippen LogP contribution in [0.5, 0.6) is 0 Å². The van der Waals surface area contributed by atoms with Crippen molar-refractivity contribution >= 4 is 11.3 Å². The summed E-state index contributed by atoms with van der Waals surface area (Å²) in [5.41, 5.74) is 7.23. The fraction of sp³-hybridized carbons (Fsp3) is 0.556. The van der Waals surface area contributed by atoms with E-state index in [0.717, 1.165) is 12.8 Å². The van der Waals surface area contributed by atoms with Crippen LogP contribution in [0.1, 0.15) is 36.2 Å². The lowest BCUT2D eigenvalue weighted by Crippen LogP contribution is -2.08. The molecule has 0 fully saturated rings. The average Bonchev–Trinajstić information content (AvgIpc) is 2.36. The van der Waals surface area contributed by atoms with Gasteiger partial charge in [0.2, 0.25) is 0 Å². The molecule has 0 amide bonds. The van der Waals surface area contributed by atoms with Gasteiger partial charge in [0.25, 0.3) is 0 Å². The zero-order chi connectivity index (χ0) is 8.27. The molecular weight excluding hydrogens is 154 g/mol. The lowest BCUT2D eigenvalue weighted by atomic mass is 10.1. The number of hydrogen-bond acceptors (Lipinski definition) is 2. The van der Waals surface area contributed by atoms with Crippen LogP contribution in [0, 0.1) is 6.92 Å². The highest BCUT2D eigenvalue weighted by molar-refractivity contribution is 7.10. The third kappa shape index (κ3) is 2.31. The zero-order valence-electron chi connectivity index (χ0n) is 7.13. The van der Waals surface area contributed by atoms with Crippen LogP contribution >= 0.6 is 11.3 Å². The van der Waals surface area contributed by atoms with Crippen LogP contribution in [-0.4, -0.2) is 0 Å². The van der Waals surface area contributed by atoms with E-state index in [1.54, 1.807) is 11.3 Å². The predicted octanol–water partition coefficient (Wildman–Crippen LogP) is 2.86. The van der Waals surface area contributed by atoms with Crippen molar-refractivity contribution in [2.45, 2.75) is 32.7 Å². The van der Waals surface area contributed by atoms with Crippen molar-refractivity contribution in [1.82, 2.24) is 0 Å². The Morgan fingerprint density at radius 3 is 2.82 bits per heavy atom. The molecule has 1 heterocycles. The normalized spacial score (nSPS) is 13.4. The minimum atomic E-state index is 0.255. The topological polar surface area (TPSA) is 26.0 Å². The molecule has 11 heavy (non-hydrogen) atoms. The van der Waals surface area contributed by atoms with Gasteiger partial charge >= 0.3 is 0 Å². The summed E-state index contributed by atoms with van der Waals surface area (Å²) >= 11 is 1.78. The van der Waals surface area contributed by atoms with E-state index in [4.69, 9.17) is 5.73 Å². The molecule has 0 saturated heterocycles. The monoisotopic (exact) mass is 169 g/mol. The van der Waals surface area contributed by atoms with Crippen LogP contribution in [0.4, 0.5) is 0 Å². The van der Waals surface area contributed by atoms with Crippen molar-refractivity contribution in [2.24, 2.45) is 5.73 Å². The second-order valence-electron chi connectivity index (χ2n) is 2.89. The summed E-state index contributed by atoms with van der Waals surface area (Å²) in [7, 11) is 0. The van der Waals surface area contributed by atoms with E-state index < -0.39 is 0 Å². The van der Waals surface area contributed by atoms with E-state index in [-0.39, 0.29) is 6.04 Å². The van der Waals surface area contributed by atoms with E-state index in [2.05, 4.69) is 25.3 Å². The maximum absolute atomic E-state index is 5.93. The minimum absolute atomic E-state index is 0.255. The van der Waals surface area contributed by atoms with Crippen LogP contribution < -0.4 is 5.73 Å². The largest absolute Gasteiger partial charge is 0.324 e. The van der Waals surface area contributed by atoms with Gasteiger partial charge in [0.1, 0.15) is 0 Å². The summed E-state index contributed by atoms with van der Waals surface area (Å²) in [5, 5.41) is 2.16. The van der Waals surface area contributed by atoms with E-state index in [0.29, 0.717) is 0 Å². The lowest BCUT2D eigenvalue weighted by Gasteiger charge is -2.06. The van der Waals surface area contributed by atoms with Gasteiger partial charge in [0.05, 0.1) is 0 Å². The van der Waals surface area contributed by atoms with E-state index >= 15 is 0 Å². The maximum atomic E-state index is 5.93. The SMILES string of the molecule is CCC[C@@H](N)c1csc(C)c1. The summed E-state index contributed by atoms with van der Waals surface area (Å²) < 4.78 is 0. The van der Waals surface area contributed by atoms with Gasteiger partial charge < -0.3 is 5.73 Å². The van der Waals surface area contributed by atoms with Gasteiger partial charge in [-0.15, -0.1) is 11.3 Å². The second kappa shape index (κ2) is 3.88. The highest BCUT2D eigenvalue weighted by Crippen LogP contribution is 2.21. The van der Waals surface area contributed by atoms with Gasteiger partial charge in [0, 0.05) is 10.9 Å². The molecule has 0 bridgehead atoms.